The highest BCUT2D eigenvalue weighted by Gasteiger charge is 2.25. The van der Waals surface area contributed by atoms with Gasteiger partial charge in [0.15, 0.2) is 0 Å². The van der Waals surface area contributed by atoms with Gasteiger partial charge in [0.05, 0.1) is 19.1 Å². The molecule has 2 rings (SSSR count). The molecule has 0 amide bonds. The number of nitrogens with one attached hydrogen (secondary N) is 1. The second kappa shape index (κ2) is 5.47. The molecule has 0 aromatic heterocycles. The van der Waals surface area contributed by atoms with Crippen molar-refractivity contribution in [2.45, 2.75) is 31.8 Å². The van der Waals surface area contributed by atoms with Crippen molar-refractivity contribution in [2.24, 2.45) is 5.92 Å². The third-order valence-corrected chi connectivity index (χ3v) is 3.08. The molecule has 2 saturated heterocycles. The monoisotopic (exact) mass is 213 g/mol. The van der Waals surface area contributed by atoms with Gasteiger partial charge in [-0.05, 0) is 19.4 Å². The minimum atomic E-state index is -0.0194. The Bertz CT molecular complexity index is 208. The molecule has 0 radical (unpaired) electrons. The topological polar surface area (TPSA) is 47.6 Å². The Kier molecular flexibility index (Phi) is 3.97. The smallest absolute Gasteiger partial charge is 0.310 e. The summed E-state index contributed by atoms with van der Waals surface area (Å²) < 4.78 is 10.7. The summed E-state index contributed by atoms with van der Waals surface area (Å²) in [5.74, 6) is 0.0516. The van der Waals surface area contributed by atoms with Crippen LogP contribution in [0.2, 0.25) is 0 Å². The van der Waals surface area contributed by atoms with Crippen molar-refractivity contribution in [3.05, 3.63) is 0 Å². The lowest BCUT2D eigenvalue weighted by molar-refractivity contribution is -0.158. The molecule has 15 heavy (non-hydrogen) atoms. The molecule has 0 aromatic rings. The van der Waals surface area contributed by atoms with Gasteiger partial charge < -0.3 is 14.8 Å². The average Bonchev–Trinajstić information content (AvgIpc) is 2.31. The third-order valence-electron chi connectivity index (χ3n) is 3.08. The SMILES string of the molecule is O=C(OC1CCOCC1)[C@H]1CCCNC1. The maximum absolute atomic E-state index is 11.8. The van der Waals surface area contributed by atoms with E-state index in [1.165, 1.54) is 0 Å². The maximum Gasteiger partial charge on any atom is 0.310 e. The van der Waals surface area contributed by atoms with Crippen LogP contribution in [0.5, 0.6) is 0 Å². The van der Waals surface area contributed by atoms with Gasteiger partial charge in [0, 0.05) is 19.4 Å². The van der Waals surface area contributed by atoms with Crippen LogP contribution in [-0.4, -0.2) is 38.4 Å². The summed E-state index contributed by atoms with van der Waals surface area (Å²) in [7, 11) is 0. The Morgan fingerprint density at radius 3 is 2.73 bits per heavy atom. The molecule has 0 aromatic carbocycles. The molecule has 0 bridgehead atoms. The van der Waals surface area contributed by atoms with Gasteiger partial charge in [-0.1, -0.05) is 0 Å². The molecule has 0 spiro atoms. The van der Waals surface area contributed by atoms with Gasteiger partial charge in [-0.15, -0.1) is 0 Å². The van der Waals surface area contributed by atoms with E-state index in [2.05, 4.69) is 5.32 Å². The van der Waals surface area contributed by atoms with E-state index in [1.807, 2.05) is 0 Å². The fourth-order valence-electron chi connectivity index (χ4n) is 2.11. The first-order valence-corrected chi connectivity index (χ1v) is 5.85. The Labute approximate surface area is 90.3 Å². The standard InChI is InChI=1S/C11H19NO3/c13-11(9-2-1-5-12-8-9)15-10-3-6-14-7-4-10/h9-10,12H,1-8H2/t9-/m0/s1. The van der Waals surface area contributed by atoms with Gasteiger partial charge in [0.25, 0.3) is 0 Å². The molecular weight excluding hydrogens is 194 g/mol. The molecule has 4 heteroatoms. The summed E-state index contributed by atoms with van der Waals surface area (Å²) in [6.45, 7) is 3.25. The van der Waals surface area contributed by atoms with Crippen molar-refractivity contribution in [1.82, 2.24) is 5.32 Å². The molecule has 0 saturated carbocycles. The molecule has 1 atom stereocenters. The predicted molar refractivity (Wildman–Crippen MR) is 55.5 cm³/mol. The highest BCUT2D eigenvalue weighted by atomic mass is 16.6. The minimum absolute atomic E-state index is 0.0194. The number of piperidine rings is 1. The van der Waals surface area contributed by atoms with Crippen LogP contribution in [0.15, 0.2) is 0 Å². The molecular formula is C11H19NO3. The molecule has 2 aliphatic heterocycles. The number of ether oxygens (including phenoxy) is 2. The molecule has 0 aliphatic carbocycles. The second-order valence-corrected chi connectivity index (χ2v) is 4.29. The number of carbonyl (C=O) groups is 1. The van der Waals surface area contributed by atoms with Crippen molar-refractivity contribution in [3.8, 4) is 0 Å². The van der Waals surface area contributed by atoms with Gasteiger partial charge in [0.1, 0.15) is 6.10 Å². The normalized spacial score (nSPS) is 28.7. The predicted octanol–water partition coefficient (Wildman–Crippen LogP) is 0.708. The molecule has 2 aliphatic rings. The highest BCUT2D eigenvalue weighted by molar-refractivity contribution is 5.73. The Morgan fingerprint density at radius 1 is 1.27 bits per heavy atom. The van der Waals surface area contributed by atoms with Crippen LogP contribution in [0.25, 0.3) is 0 Å². The zero-order valence-corrected chi connectivity index (χ0v) is 9.04. The van der Waals surface area contributed by atoms with Crippen LogP contribution in [-0.2, 0) is 14.3 Å². The lowest BCUT2D eigenvalue weighted by Gasteiger charge is -2.26. The van der Waals surface area contributed by atoms with E-state index in [1.54, 1.807) is 0 Å². The van der Waals surface area contributed by atoms with Crippen LogP contribution in [0.4, 0.5) is 0 Å². The third kappa shape index (κ3) is 3.18. The van der Waals surface area contributed by atoms with E-state index in [-0.39, 0.29) is 18.0 Å². The summed E-state index contributed by atoms with van der Waals surface area (Å²) in [5.41, 5.74) is 0. The van der Waals surface area contributed by atoms with Crippen molar-refractivity contribution in [1.29, 1.82) is 0 Å². The average molecular weight is 213 g/mol. The van der Waals surface area contributed by atoms with Crippen molar-refractivity contribution >= 4 is 5.97 Å². The zero-order chi connectivity index (χ0) is 10.5. The fourth-order valence-corrected chi connectivity index (χ4v) is 2.11. The largest absolute Gasteiger partial charge is 0.462 e. The minimum Gasteiger partial charge on any atom is -0.462 e. The van der Waals surface area contributed by atoms with E-state index in [0.717, 1.165) is 52.0 Å². The van der Waals surface area contributed by atoms with Gasteiger partial charge in [-0.3, -0.25) is 4.79 Å². The van der Waals surface area contributed by atoms with Crippen LogP contribution in [0.3, 0.4) is 0 Å². The van der Waals surface area contributed by atoms with Gasteiger partial charge in [0.2, 0.25) is 0 Å². The van der Waals surface area contributed by atoms with E-state index in [9.17, 15) is 4.79 Å². The van der Waals surface area contributed by atoms with E-state index < -0.39 is 0 Å². The molecule has 2 fully saturated rings. The summed E-state index contributed by atoms with van der Waals surface area (Å²) >= 11 is 0. The summed E-state index contributed by atoms with van der Waals surface area (Å²) in [6, 6.07) is 0. The summed E-state index contributed by atoms with van der Waals surface area (Å²) in [5, 5.41) is 3.23. The van der Waals surface area contributed by atoms with Crippen LogP contribution in [0, 0.1) is 5.92 Å². The first kappa shape index (κ1) is 10.9. The number of carbonyl (C=O) groups excluding carboxylic acids is 1. The Morgan fingerprint density at radius 2 is 2.07 bits per heavy atom. The van der Waals surface area contributed by atoms with E-state index in [0.29, 0.717) is 0 Å². The lowest BCUT2D eigenvalue weighted by atomic mass is 10.00. The highest BCUT2D eigenvalue weighted by Crippen LogP contribution is 2.16. The molecule has 2 heterocycles. The van der Waals surface area contributed by atoms with Crippen LogP contribution >= 0.6 is 0 Å². The van der Waals surface area contributed by atoms with Crippen molar-refractivity contribution < 1.29 is 14.3 Å². The first-order valence-electron chi connectivity index (χ1n) is 5.85. The van der Waals surface area contributed by atoms with E-state index in [4.69, 9.17) is 9.47 Å². The summed E-state index contributed by atoms with van der Waals surface area (Å²) in [4.78, 5) is 11.8. The molecule has 4 nitrogen and oxygen atoms in total. The first-order chi connectivity index (χ1) is 7.36. The van der Waals surface area contributed by atoms with Gasteiger partial charge in [-0.2, -0.15) is 0 Å². The van der Waals surface area contributed by atoms with Crippen molar-refractivity contribution in [3.63, 3.8) is 0 Å². The van der Waals surface area contributed by atoms with Crippen LogP contribution in [0.1, 0.15) is 25.7 Å². The Balaban J connectivity index is 1.74. The quantitative estimate of drug-likeness (QED) is 0.686. The maximum atomic E-state index is 11.8. The van der Waals surface area contributed by atoms with Crippen molar-refractivity contribution in [2.75, 3.05) is 26.3 Å². The lowest BCUT2D eigenvalue weighted by Crippen LogP contribution is -2.37. The van der Waals surface area contributed by atoms with Gasteiger partial charge >= 0.3 is 5.97 Å². The number of hydrogen-bond acceptors (Lipinski definition) is 4. The Hall–Kier alpha value is -0.610. The summed E-state index contributed by atoms with van der Waals surface area (Å²) in [6.07, 6.45) is 3.84. The number of esters is 1. The van der Waals surface area contributed by atoms with Gasteiger partial charge in [-0.25, -0.2) is 0 Å². The van der Waals surface area contributed by atoms with E-state index >= 15 is 0 Å². The second-order valence-electron chi connectivity index (χ2n) is 4.29. The molecule has 86 valence electrons. The molecule has 0 unspecified atom stereocenters. The zero-order valence-electron chi connectivity index (χ0n) is 9.04. The van der Waals surface area contributed by atoms with Crippen LogP contribution < -0.4 is 5.32 Å². The number of hydrogen-bond donors (Lipinski definition) is 1. The molecule has 1 N–H and O–H groups in total. The fraction of sp³-hybridized carbons (Fsp3) is 0.909. The number of rotatable bonds is 2.